The van der Waals surface area contributed by atoms with Gasteiger partial charge < -0.3 is 15.4 Å². The lowest BCUT2D eigenvalue weighted by Crippen LogP contribution is -2.32. The first-order valence-electron chi connectivity index (χ1n) is 4.96. The van der Waals surface area contributed by atoms with Gasteiger partial charge >= 0.3 is 0 Å². The summed E-state index contributed by atoms with van der Waals surface area (Å²) in [5, 5.41) is 7.88. The predicted molar refractivity (Wildman–Crippen MR) is 76.3 cm³/mol. The lowest BCUT2D eigenvalue weighted by molar-refractivity contribution is 0.0957. The van der Waals surface area contributed by atoms with Crippen molar-refractivity contribution in [3.05, 3.63) is 20.8 Å². The zero-order valence-corrected chi connectivity index (χ0v) is 12.7. The van der Waals surface area contributed by atoms with E-state index in [1.807, 2.05) is 11.4 Å². The first-order chi connectivity index (χ1) is 7.75. The number of nitrogens with one attached hydrogen (secondary N) is 2. The van der Waals surface area contributed by atoms with Gasteiger partial charge in [0, 0.05) is 31.2 Å². The number of amides is 1. The van der Waals surface area contributed by atoms with Gasteiger partial charge in [0.15, 0.2) is 0 Å². The van der Waals surface area contributed by atoms with Gasteiger partial charge in [0.25, 0.3) is 5.91 Å². The molecule has 7 heteroatoms. The van der Waals surface area contributed by atoms with Crippen LogP contribution in [0.2, 0.25) is 0 Å². The fourth-order valence-electron chi connectivity index (χ4n) is 1.10. The fraction of sp³-hybridized carbons (Fsp3) is 0.500. The Hall–Kier alpha value is -0.140. The quantitative estimate of drug-likeness (QED) is 0.744. The van der Waals surface area contributed by atoms with Gasteiger partial charge in [-0.1, -0.05) is 0 Å². The van der Waals surface area contributed by atoms with Crippen molar-refractivity contribution < 1.29 is 9.53 Å². The van der Waals surface area contributed by atoms with E-state index in [0.717, 1.165) is 22.4 Å². The molecule has 0 saturated carbocycles. The topological polar surface area (TPSA) is 50.4 Å². The van der Waals surface area contributed by atoms with Crippen molar-refractivity contribution in [3.8, 4) is 0 Å². The summed E-state index contributed by atoms with van der Waals surface area (Å²) in [7, 11) is 1.66. The number of carbonyl (C=O) groups is 1. The molecule has 0 radical (unpaired) electrons. The van der Waals surface area contributed by atoms with Gasteiger partial charge in [0.2, 0.25) is 0 Å². The molecule has 0 saturated heterocycles. The third-order valence-electron chi connectivity index (χ3n) is 1.89. The van der Waals surface area contributed by atoms with Crippen LogP contribution in [0.15, 0.2) is 15.9 Å². The first-order valence-corrected chi connectivity index (χ1v) is 6.64. The van der Waals surface area contributed by atoms with Crippen LogP contribution >= 0.6 is 39.7 Å². The lowest BCUT2D eigenvalue weighted by Gasteiger charge is -2.05. The average Bonchev–Trinajstić information content (AvgIpc) is 2.69. The Kier molecular flexibility index (Phi) is 9.76. The Morgan fingerprint density at radius 3 is 2.82 bits per heavy atom. The summed E-state index contributed by atoms with van der Waals surface area (Å²) < 4.78 is 5.74. The van der Waals surface area contributed by atoms with Crippen LogP contribution in [0.4, 0.5) is 0 Å². The normalized spacial score (nSPS) is 9.76. The van der Waals surface area contributed by atoms with Crippen molar-refractivity contribution in [2.45, 2.75) is 0 Å². The van der Waals surface area contributed by atoms with Crippen molar-refractivity contribution in [2.75, 3.05) is 33.4 Å². The van der Waals surface area contributed by atoms with Crippen molar-refractivity contribution in [1.82, 2.24) is 10.6 Å². The molecule has 0 aromatic carbocycles. The maximum absolute atomic E-state index is 11.6. The highest BCUT2D eigenvalue weighted by atomic mass is 79.9. The highest BCUT2D eigenvalue weighted by molar-refractivity contribution is 9.10. The Balaban J connectivity index is 0.00000256. The standard InChI is InChI=1S/C10H15BrN2O2S.ClH/c1-15-6-5-12-3-4-13-10(14)9-8(11)2-7-16-9;/h2,7,12H,3-6H2,1H3,(H,13,14);1H. The molecule has 1 aromatic heterocycles. The third kappa shape index (κ3) is 6.38. The summed E-state index contributed by atoms with van der Waals surface area (Å²) in [5.74, 6) is -0.0320. The average molecular weight is 344 g/mol. The van der Waals surface area contributed by atoms with E-state index in [0.29, 0.717) is 13.2 Å². The summed E-state index contributed by atoms with van der Waals surface area (Å²) in [6.07, 6.45) is 0. The maximum atomic E-state index is 11.6. The molecule has 1 rings (SSSR count). The summed E-state index contributed by atoms with van der Waals surface area (Å²) in [6, 6.07) is 1.87. The summed E-state index contributed by atoms with van der Waals surface area (Å²) in [6.45, 7) is 2.85. The number of ether oxygens (including phenoxy) is 1. The molecule has 1 amide bonds. The number of hydrogen-bond donors (Lipinski definition) is 2. The van der Waals surface area contributed by atoms with Gasteiger partial charge in [-0.3, -0.25) is 4.79 Å². The molecule has 4 nitrogen and oxygen atoms in total. The van der Waals surface area contributed by atoms with Crippen LogP contribution < -0.4 is 10.6 Å². The van der Waals surface area contributed by atoms with Gasteiger partial charge in [-0.15, -0.1) is 23.7 Å². The first kappa shape index (κ1) is 16.9. The summed E-state index contributed by atoms with van der Waals surface area (Å²) >= 11 is 4.76. The molecule has 0 unspecified atom stereocenters. The molecule has 0 atom stereocenters. The molecular formula is C10H16BrClN2O2S. The minimum Gasteiger partial charge on any atom is -0.383 e. The fourth-order valence-corrected chi connectivity index (χ4v) is 2.57. The molecule has 0 spiro atoms. The largest absolute Gasteiger partial charge is 0.383 e. The van der Waals surface area contributed by atoms with Gasteiger partial charge in [0.1, 0.15) is 4.88 Å². The monoisotopic (exact) mass is 342 g/mol. The van der Waals surface area contributed by atoms with Gasteiger partial charge in [-0.05, 0) is 27.4 Å². The molecule has 17 heavy (non-hydrogen) atoms. The molecule has 0 aliphatic carbocycles. The predicted octanol–water partition coefficient (Wildman–Crippen LogP) is 1.90. The third-order valence-corrected chi connectivity index (χ3v) is 3.73. The van der Waals surface area contributed by atoms with Crippen LogP contribution in [0, 0.1) is 0 Å². The molecule has 2 N–H and O–H groups in total. The second-order valence-electron chi connectivity index (χ2n) is 3.10. The molecular weight excluding hydrogens is 328 g/mol. The van der Waals surface area contributed by atoms with Crippen LogP contribution in [0.25, 0.3) is 0 Å². The number of rotatable bonds is 7. The molecule has 0 aliphatic rings. The number of carbonyl (C=O) groups excluding carboxylic acids is 1. The molecule has 0 fully saturated rings. The van der Waals surface area contributed by atoms with Crippen LogP contribution in [0.1, 0.15) is 9.67 Å². The van der Waals surface area contributed by atoms with E-state index in [9.17, 15) is 4.79 Å². The Bertz CT molecular complexity index is 336. The summed E-state index contributed by atoms with van der Waals surface area (Å²) in [4.78, 5) is 12.4. The zero-order valence-electron chi connectivity index (χ0n) is 9.49. The minimum absolute atomic E-state index is 0. The van der Waals surface area contributed by atoms with E-state index in [1.165, 1.54) is 11.3 Å². The van der Waals surface area contributed by atoms with Gasteiger partial charge in [-0.2, -0.15) is 0 Å². The zero-order chi connectivity index (χ0) is 11.8. The van der Waals surface area contributed by atoms with Gasteiger partial charge in [-0.25, -0.2) is 0 Å². The van der Waals surface area contributed by atoms with Crippen molar-refractivity contribution in [1.29, 1.82) is 0 Å². The smallest absolute Gasteiger partial charge is 0.262 e. The minimum atomic E-state index is -0.0320. The number of methoxy groups -OCH3 is 1. The van der Waals surface area contributed by atoms with Crippen LogP contribution in [-0.4, -0.2) is 39.3 Å². The van der Waals surface area contributed by atoms with Crippen molar-refractivity contribution in [3.63, 3.8) is 0 Å². The van der Waals surface area contributed by atoms with E-state index in [-0.39, 0.29) is 18.3 Å². The maximum Gasteiger partial charge on any atom is 0.262 e. The van der Waals surface area contributed by atoms with Crippen LogP contribution in [0.5, 0.6) is 0 Å². The highest BCUT2D eigenvalue weighted by Crippen LogP contribution is 2.21. The molecule has 0 aliphatic heterocycles. The highest BCUT2D eigenvalue weighted by Gasteiger charge is 2.09. The Morgan fingerprint density at radius 1 is 1.47 bits per heavy atom. The van der Waals surface area contributed by atoms with E-state index >= 15 is 0 Å². The number of hydrogen-bond acceptors (Lipinski definition) is 4. The number of thiophene rings is 1. The molecule has 98 valence electrons. The molecule has 1 aromatic rings. The summed E-state index contributed by atoms with van der Waals surface area (Å²) in [5.41, 5.74) is 0. The van der Waals surface area contributed by atoms with E-state index < -0.39 is 0 Å². The lowest BCUT2D eigenvalue weighted by atomic mass is 10.4. The Morgan fingerprint density at radius 2 is 2.24 bits per heavy atom. The van der Waals surface area contributed by atoms with Crippen molar-refractivity contribution >= 4 is 45.6 Å². The number of halogens is 2. The Labute approximate surface area is 120 Å². The van der Waals surface area contributed by atoms with Gasteiger partial charge in [0.05, 0.1) is 6.61 Å². The second kappa shape index (κ2) is 9.85. The van der Waals surface area contributed by atoms with E-state index in [1.54, 1.807) is 7.11 Å². The molecule has 1 heterocycles. The SMILES string of the molecule is COCCNCCNC(=O)c1sccc1Br.Cl. The second-order valence-corrected chi connectivity index (χ2v) is 4.87. The van der Waals surface area contributed by atoms with Crippen molar-refractivity contribution in [2.24, 2.45) is 0 Å². The van der Waals surface area contributed by atoms with E-state index in [2.05, 4.69) is 26.6 Å². The van der Waals surface area contributed by atoms with Crippen LogP contribution in [-0.2, 0) is 4.74 Å². The van der Waals surface area contributed by atoms with Crippen LogP contribution in [0.3, 0.4) is 0 Å². The molecule has 0 bridgehead atoms. The van der Waals surface area contributed by atoms with E-state index in [4.69, 9.17) is 4.74 Å².